The molecule has 0 bridgehead atoms. The van der Waals surface area contributed by atoms with Crippen molar-refractivity contribution in [3.63, 3.8) is 0 Å². The van der Waals surface area contributed by atoms with Gasteiger partial charge < -0.3 is 15.4 Å². The van der Waals surface area contributed by atoms with Gasteiger partial charge in [0, 0.05) is 36.6 Å². The maximum Gasteiger partial charge on any atom is 0.387 e. The van der Waals surface area contributed by atoms with Crippen molar-refractivity contribution >= 4 is 17.6 Å². The molecule has 1 aromatic heterocycles. The zero-order valence-electron chi connectivity index (χ0n) is 13.6. The van der Waals surface area contributed by atoms with Gasteiger partial charge in [-0.2, -0.15) is 17.6 Å². The zero-order chi connectivity index (χ0) is 19.1. The van der Waals surface area contributed by atoms with Gasteiger partial charge in [-0.05, 0) is 18.2 Å². The molecular weight excluding hydrogens is 378 g/mol. The first-order valence-electron chi connectivity index (χ1n) is 7.38. The molecule has 1 aromatic carbocycles. The highest BCUT2D eigenvalue weighted by Crippen LogP contribution is 2.24. The predicted molar refractivity (Wildman–Crippen MR) is 88.6 cm³/mol. The molecule has 0 radical (unpaired) electrons. The largest absolute Gasteiger partial charge is 0.434 e. The number of hydrogen-bond donors (Lipinski definition) is 2. The van der Waals surface area contributed by atoms with Crippen LogP contribution in [0.5, 0.6) is 5.75 Å². The Bertz CT molecular complexity index is 753. The number of hydrogen-bond acceptors (Lipinski definition) is 3. The zero-order valence-corrected chi connectivity index (χ0v) is 14.4. The normalized spacial score (nSPS) is 11.9. The molecule has 1 heterocycles. The van der Waals surface area contributed by atoms with Gasteiger partial charge >= 0.3 is 13.2 Å². The minimum atomic E-state index is -2.97. The summed E-state index contributed by atoms with van der Waals surface area (Å²) < 4.78 is 55.7. The molecule has 0 unspecified atom stereocenters. The van der Waals surface area contributed by atoms with Gasteiger partial charge in [0.25, 0.3) is 0 Å². The molecule has 0 aliphatic rings. The summed E-state index contributed by atoms with van der Waals surface area (Å²) in [6.07, 6.45) is 2.43. The van der Waals surface area contributed by atoms with Crippen LogP contribution in [-0.2, 0) is 13.1 Å². The standard InChI is InChI=1S/C15H16ClF4N5O/c1-21-15(24-8-12-22-4-5-25(12)13(17)18)23-7-9-6-10(16)2-3-11(9)26-14(19)20/h2-6,13-14H,7-8H2,1H3,(H2,21,23,24). The Balaban J connectivity index is 1.99. The molecule has 2 N–H and O–H groups in total. The molecule has 2 rings (SSSR count). The second-order valence-electron chi connectivity index (χ2n) is 4.94. The second-order valence-corrected chi connectivity index (χ2v) is 5.37. The minimum Gasteiger partial charge on any atom is -0.434 e. The number of alkyl halides is 4. The molecule has 0 fully saturated rings. The summed E-state index contributed by atoms with van der Waals surface area (Å²) >= 11 is 5.88. The van der Waals surface area contributed by atoms with Crippen molar-refractivity contribution < 1.29 is 22.3 Å². The molecule has 2 aromatic rings. The first-order valence-corrected chi connectivity index (χ1v) is 7.76. The highest BCUT2D eigenvalue weighted by atomic mass is 35.5. The highest BCUT2D eigenvalue weighted by Gasteiger charge is 2.13. The fraction of sp³-hybridized carbons (Fsp3) is 0.333. The Morgan fingerprint density at radius 2 is 2.00 bits per heavy atom. The molecule has 0 aliphatic heterocycles. The summed E-state index contributed by atoms with van der Waals surface area (Å²) in [5, 5.41) is 6.03. The molecule has 0 saturated carbocycles. The molecule has 0 aliphatic carbocycles. The SMILES string of the molecule is CN=C(NCc1cc(Cl)ccc1OC(F)F)NCc1nccn1C(F)F. The number of aromatic nitrogens is 2. The molecular formula is C15H16ClF4N5O. The van der Waals surface area contributed by atoms with Crippen LogP contribution in [0.1, 0.15) is 17.9 Å². The number of guanidine groups is 1. The van der Waals surface area contributed by atoms with Gasteiger partial charge in [-0.25, -0.2) is 4.98 Å². The van der Waals surface area contributed by atoms with Gasteiger partial charge in [0.15, 0.2) is 5.96 Å². The Labute approximate surface area is 151 Å². The number of aliphatic imine (C=N–C) groups is 1. The van der Waals surface area contributed by atoms with Gasteiger partial charge in [-0.3, -0.25) is 9.56 Å². The summed E-state index contributed by atoms with van der Waals surface area (Å²) in [7, 11) is 1.48. The van der Waals surface area contributed by atoms with Crippen LogP contribution in [0.2, 0.25) is 5.02 Å². The number of rotatable bonds is 7. The first-order chi connectivity index (χ1) is 12.4. The number of nitrogens with zero attached hydrogens (tertiary/aromatic N) is 3. The van der Waals surface area contributed by atoms with Gasteiger partial charge in [0.05, 0.1) is 6.54 Å². The lowest BCUT2D eigenvalue weighted by atomic mass is 10.2. The van der Waals surface area contributed by atoms with E-state index in [1.807, 2.05) is 0 Å². The van der Waals surface area contributed by atoms with E-state index < -0.39 is 13.2 Å². The summed E-state index contributed by atoms with van der Waals surface area (Å²) in [6.45, 7) is -5.61. The Morgan fingerprint density at radius 3 is 2.65 bits per heavy atom. The maximum absolute atomic E-state index is 12.8. The minimum absolute atomic E-state index is 0.00699. The number of nitrogens with one attached hydrogen (secondary N) is 2. The molecule has 26 heavy (non-hydrogen) atoms. The number of benzene rings is 1. The Kier molecular flexibility index (Phi) is 7.07. The predicted octanol–water partition coefficient (Wildman–Crippen LogP) is 3.40. The van der Waals surface area contributed by atoms with E-state index in [0.717, 1.165) is 6.20 Å². The quantitative estimate of drug-likeness (QED) is 0.430. The fourth-order valence-corrected chi connectivity index (χ4v) is 2.31. The average molecular weight is 394 g/mol. The third kappa shape index (κ3) is 5.51. The van der Waals surface area contributed by atoms with Crippen molar-refractivity contribution in [1.29, 1.82) is 0 Å². The van der Waals surface area contributed by atoms with E-state index in [9.17, 15) is 17.6 Å². The van der Waals surface area contributed by atoms with Crippen molar-refractivity contribution in [2.75, 3.05) is 7.05 Å². The van der Waals surface area contributed by atoms with E-state index in [0.29, 0.717) is 15.2 Å². The van der Waals surface area contributed by atoms with Gasteiger partial charge in [-0.1, -0.05) is 11.6 Å². The number of halogens is 5. The number of imidazole rings is 1. The maximum atomic E-state index is 12.8. The number of ether oxygens (including phenoxy) is 1. The Morgan fingerprint density at radius 1 is 1.27 bits per heavy atom. The topological polar surface area (TPSA) is 63.5 Å². The van der Waals surface area contributed by atoms with Crippen molar-refractivity contribution in [2.45, 2.75) is 26.3 Å². The van der Waals surface area contributed by atoms with Crippen LogP contribution < -0.4 is 15.4 Å². The first kappa shape index (κ1) is 19.8. The molecule has 0 amide bonds. The molecule has 6 nitrogen and oxygen atoms in total. The lowest BCUT2D eigenvalue weighted by molar-refractivity contribution is -0.0504. The summed E-state index contributed by atoms with van der Waals surface area (Å²) in [5.41, 5.74) is 0.384. The average Bonchev–Trinajstić information content (AvgIpc) is 3.05. The van der Waals surface area contributed by atoms with Crippen LogP contribution in [0.3, 0.4) is 0 Å². The summed E-state index contributed by atoms with van der Waals surface area (Å²) in [4.78, 5) is 7.78. The van der Waals surface area contributed by atoms with E-state index in [4.69, 9.17) is 11.6 Å². The molecule has 0 saturated heterocycles. The van der Waals surface area contributed by atoms with Crippen molar-refractivity contribution in [2.24, 2.45) is 4.99 Å². The van der Waals surface area contributed by atoms with Gasteiger partial charge in [0.2, 0.25) is 0 Å². The van der Waals surface area contributed by atoms with Crippen LogP contribution in [0.4, 0.5) is 17.6 Å². The smallest absolute Gasteiger partial charge is 0.387 e. The van der Waals surface area contributed by atoms with Crippen LogP contribution in [0, 0.1) is 0 Å². The van der Waals surface area contributed by atoms with Crippen LogP contribution in [0.25, 0.3) is 0 Å². The lowest BCUT2D eigenvalue weighted by Gasteiger charge is -2.15. The van der Waals surface area contributed by atoms with Crippen LogP contribution in [-0.4, -0.2) is 29.2 Å². The monoisotopic (exact) mass is 393 g/mol. The summed E-state index contributed by atoms with van der Waals surface area (Å²) in [6, 6.07) is 4.24. The van der Waals surface area contributed by atoms with Crippen molar-refractivity contribution in [3.8, 4) is 5.75 Å². The highest BCUT2D eigenvalue weighted by molar-refractivity contribution is 6.30. The third-order valence-electron chi connectivity index (χ3n) is 3.28. The van der Waals surface area contributed by atoms with Crippen molar-refractivity contribution in [1.82, 2.24) is 20.2 Å². The molecule has 142 valence electrons. The van der Waals surface area contributed by atoms with Gasteiger partial charge in [-0.15, -0.1) is 0 Å². The lowest BCUT2D eigenvalue weighted by Crippen LogP contribution is -2.37. The summed E-state index contributed by atoms with van der Waals surface area (Å²) in [5.74, 6) is 0.352. The molecule has 11 heteroatoms. The van der Waals surface area contributed by atoms with E-state index >= 15 is 0 Å². The van der Waals surface area contributed by atoms with E-state index in [1.165, 1.54) is 31.4 Å². The van der Waals surface area contributed by atoms with E-state index in [2.05, 4.69) is 25.3 Å². The van der Waals surface area contributed by atoms with Crippen LogP contribution in [0.15, 0.2) is 35.6 Å². The molecule has 0 spiro atoms. The van der Waals surface area contributed by atoms with E-state index in [-0.39, 0.29) is 30.6 Å². The second kappa shape index (κ2) is 9.27. The third-order valence-corrected chi connectivity index (χ3v) is 3.52. The van der Waals surface area contributed by atoms with Gasteiger partial charge in [0.1, 0.15) is 11.6 Å². The van der Waals surface area contributed by atoms with Crippen molar-refractivity contribution in [3.05, 3.63) is 47.0 Å². The van der Waals surface area contributed by atoms with E-state index in [1.54, 1.807) is 0 Å². The molecule has 0 atom stereocenters. The fourth-order valence-electron chi connectivity index (χ4n) is 2.12. The van der Waals surface area contributed by atoms with Crippen LogP contribution >= 0.6 is 11.6 Å². The Hall–Kier alpha value is -2.49.